The Morgan fingerprint density at radius 2 is 2.00 bits per heavy atom. The summed E-state index contributed by atoms with van der Waals surface area (Å²) in [5.74, 6) is 3.87. The van der Waals surface area contributed by atoms with Crippen molar-refractivity contribution in [1.29, 1.82) is 0 Å². The largest absolute Gasteiger partial charge is 0.458 e. The van der Waals surface area contributed by atoms with E-state index < -0.39 is 0 Å². The van der Waals surface area contributed by atoms with E-state index in [-0.39, 0.29) is 17.0 Å². The van der Waals surface area contributed by atoms with Gasteiger partial charge in [0, 0.05) is 17.2 Å². The molecule has 7 atom stereocenters. The van der Waals surface area contributed by atoms with Crippen molar-refractivity contribution in [2.75, 3.05) is 5.33 Å². The summed E-state index contributed by atoms with van der Waals surface area (Å²) in [5, 5.41) is 1.13. The fourth-order valence-electron chi connectivity index (χ4n) is 7.72. The average molecular weight is 437 g/mol. The van der Waals surface area contributed by atoms with Crippen LogP contribution >= 0.6 is 15.9 Å². The van der Waals surface area contributed by atoms with E-state index in [4.69, 9.17) is 4.74 Å². The molecule has 0 bridgehead atoms. The molecule has 0 aromatic heterocycles. The lowest BCUT2D eigenvalue weighted by atomic mass is 9.48. The van der Waals surface area contributed by atoms with Crippen LogP contribution in [0.4, 0.5) is 0 Å². The molecular formula is C24H37BrO2. The summed E-state index contributed by atoms with van der Waals surface area (Å²) in [6, 6.07) is 0. The first kappa shape index (κ1) is 20.0. The molecule has 1 aliphatic heterocycles. The van der Waals surface area contributed by atoms with Crippen LogP contribution in [-0.4, -0.2) is 16.9 Å². The first-order valence-electron chi connectivity index (χ1n) is 11.4. The van der Waals surface area contributed by atoms with Crippen LogP contribution in [0.15, 0.2) is 12.2 Å². The summed E-state index contributed by atoms with van der Waals surface area (Å²) < 4.78 is 6.10. The Labute approximate surface area is 174 Å². The Morgan fingerprint density at radius 3 is 2.70 bits per heavy atom. The molecule has 0 N–H and O–H groups in total. The third-order valence-electron chi connectivity index (χ3n) is 9.28. The molecular weight excluding hydrogens is 400 g/mol. The van der Waals surface area contributed by atoms with Crippen LogP contribution in [-0.2, 0) is 9.53 Å². The molecule has 27 heavy (non-hydrogen) atoms. The molecule has 2 nitrogen and oxygen atoms in total. The van der Waals surface area contributed by atoms with Gasteiger partial charge in [0.2, 0.25) is 0 Å². The molecule has 0 amide bonds. The Balaban J connectivity index is 1.58. The highest BCUT2D eigenvalue weighted by Gasteiger charge is 2.66. The van der Waals surface area contributed by atoms with E-state index in [1.165, 1.54) is 56.9 Å². The zero-order valence-electron chi connectivity index (χ0n) is 17.3. The van der Waals surface area contributed by atoms with Crippen LogP contribution in [0.1, 0.15) is 84.5 Å². The third-order valence-corrected chi connectivity index (χ3v) is 9.84. The van der Waals surface area contributed by atoms with Gasteiger partial charge in [-0.2, -0.15) is 0 Å². The lowest BCUT2D eigenvalue weighted by Gasteiger charge is -2.57. The Morgan fingerprint density at radius 1 is 1.19 bits per heavy atom. The number of carbonyl (C=O) groups excluding carboxylic acids is 1. The zero-order chi connectivity index (χ0) is 19.2. The number of rotatable bonds is 5. The van der Waals surface area contributed by atoms with Crippen molar-refractivity contribution in [1.82, 2.24) is 0 Å². The van der Waals surface area contributed by atoms with Crippen molar-refractivity contribution in [3.05, 3.63) is 12.2 Å². The van der Waals surface area contributed by atoms with Crippen LogP contribution in [0, 0.1) is 35.0 Å². The molecule has 1 heterocycles. The fraction of sp³-hybridized carbons (Fsp3) is 0.875. The number of esters is 1. The minimum Gasteiger partial charge on any atom is -0.458 e. The van der Waals surface area contributed by atoms with Crippen molar-refractivity contribution in [2.24, 2.45) is 35.0 Å². The highest BCUT2D eigenvalue weighted by atomic mass is 79.9. The standard InChI is InChI=1S/C24H37BrO2/c1-16-15-18(7-5-4-6-14-25)22-19(17(16)2)8-11-23(3)20(22)9-12-24(23)13-10-21(26)27-24/h17-20,22H,1,4-15H2,2-3H3. The second kappa shape index (κ2) is 7.50. The van der Waals surface area contributed by atoms with E-state index in [0.717, 1.165) is 41.8 Å². The predicted octanol–water partition coefficient (Wildman–Crippen LogP) is 6.67. The lowest BCUT2D eigenvalue weighted by molar-refractivity contribution is -0.168. The van der Waals surface area contributed by atoms with Gasteiger partial charge in [-0.1, -0.05) is 54.8 Å². The van der Waals surface area contributed by atoms with Gasteiger partial charge in [-0.25, -0.2) is 0 Å². The minimum atomic E-state index is -0.141. The van der Waals surface area contributed by atoms with Gasteiger partial charge in [0.1, 0.15) is 5.60 Å². The Hall–Kier alpha value is -0.310. The average Bonchev–Trinajstić information content (AvgIpc) is 3.16. The first-order valence-corrected chi connectivity index (χ1v) is 12.5. The molecule has 0 aromatic rings. The van der Waals surface area contributed by atoms with Gasteiger partial charge in [-0.05, 0) is 81.0 Å². The number of hydrogen-bond acceptors (Lipinski definition) is 2. The summed E-state index contributed by atoms with van der Waals surface area (Å²) in [6.45, 7) is 9.40. The quantitative estimate of drug-likeness (QED) is 0.208. The number of fused-ring (bicyclic) bond motifs is 4. The zero-order valence-corrected chi connectivity index (χ0v) is 18.9. The van der Waals surface area contributed by atoms with Crippen molar-refractivity contribution < 1.29 is 9.53 Å². The maximum Gasteiger partial charge on any atom is 0.306 e. The molecule has 3 aliphatic carbocycles. The summed E-state index contributed by atoms with van der Waals surface area (Å²) in [7, 11) is 0. The van der Waals surface area contributed by atoms with Gasteiger partial charge in [-0.3, -0.25) is 4.79 Å². The van der Waals surface area contributed by atoms with Crippen LogP contribution in [0.25, 0.3) is 0 Å². The van der Waals surface area contributed by atoms with Crippen LogP contribution in [0.2, 0.25) is 0 Å². The molecule has 4 rings (SSSR count). The second-order valence-corrected chi connectivity index (χ2v) is 11.1. The van der Waals surface area contributed by atoms with E-state index in [1.807, 2.05) is 0 Å². The van der Waals surface area contributed by atoms with E-state index >= 15 is 0 Å². The van der Waals surface area contributed by atoms with E-state index in [0.29, 0.717) is 12.3 Å². The Kier molecular flexibility index (Phi) is 5.55. The number of allylic oxidation sites excluding steroid dienone is 1. The number of alkyl halides is 1. The maximum absolute atomic E-state index is 12.0. The number of hydrogen-bond donors (Lipinski definition) is 0. The maximum atomic E-state index is 12.0. The SMILES string of the molecule is C=C1CC(CCCCCBr)C2C(CCC3(C)C2CCC32CCC(=O)O2)C1C. The summed E-state index contributed by atoms with van der Waals surface area (Å²) in [5.41, 5.74) is 1.57. The lowest BCUT2D eigenvalue weighted by Crippen LogP contribution is -2.54. The van der Waals surface area contributed by atoms with Gasteiger partial charge < -0.3 is 4.74 Å². The smallest absolute Gasteiger partial charge is 0.306 e. The number of carbonyl (C=O) groups is 1. The third kappa shape index (κ3) is 3.15. The topological polar surface area (TPSA) is 26.3 Å². The van der Waals surface area contributed by atoms with E-state index in [2.05, 4.69) is 36.4 Å². The molecule has 152 valence electrons. The van der Waals surface area contributed by atoms with Gasteiger partial charge in [0.15, 0.2) is 0 Å². The van der Waals surface area contributed by atoms with Gasteiger partial charge >= 0.3 is 5.97 Å². The van der Waals surface area contributed by atoms with Crippen molar-refractivity contribution >= 4 is 21.9 Å². The molecule has 4 aliphatic rings. The van der Waals surface area contributed by atoms with Crippen molar-refractivity contribution in [3.63, 3.8) is 0 Å². The molecule has 0 radical (unpaired) electrons. The highest BCUT2D eigenvalue weighted by Crippen LogP contribution is 2.68. The predicted molar refractivity (Wildman–Crippen MR) is 114 cm³/mol. The molecule has 3 saturated carbocycles. The normalized spacial score (nSPS) is 46.4. The van der Waals surface area contributed by atoms with Crippen molar-refractivity contribution in [3.8, 4) is 0 Å². The summed E-state index contributed by atoms with van der Waals surface area (Å²) in [6.07, 6.45) is 13.1. The molecule has 1 saturated heterocycles. The van der Waals surface area contributed by atoms with Crippen LogP contribution < -0.4 is 0 Å². The number of unbranched alkanes of at least 4 members (excludes halogenated alkanes) is 2. The fourth-order valence-corrected chi connectivity index (χ4v) is 8.11. The highest BCUT2D eigenvalue weighted by molar-refractivity contribution is 9.09. The molecule has 0 aromatic carbocycles. The molecule has 1 spiro atoms. The van der Waals surface area contributed by atoms with E-state index in [9.17, 15) is 4.79 Å². The minimum absolute atomic E-state index is 0.0516. The summed E-state index contributed by atoms with van der Waals surface area (Å²) >= 11 is 3.58. The second-order valence-electron chi connectivity index (χ2n) is 10.3. The summed E-state index contributed by atoms with van der Waals surface area (Å²) in [4.78, 5) is 12.0. The first-order chi connectivity index (χ1) is 12.9. The van der Waals surface area contributed by atoms with Gasteiger partial charge in [-0.15, -0.1) is 0 Å². The number of halogens is 1. The molecule has 3 heteroatoms. The van der Waals surface area contributed by atoms with Gasteiger partial charge in [0.05, 0.1) is 0 Å². The van der Waals surface area contributed by atoms with Crippen molar-refractivity contribution in [2.45, 2.75) is 90.1 Å². The molecule has 4 fully saturated rings. The van der Waals surface area contributed by atoms with Crippen LogP contribution in [0.3, 0.4) is 0 Å². The Bertz CT molecular complexity index is 601. The molecule has 7 unspecified atom stereocenters. The van der Waals surface area contributed by atoms with Gasteiger partial charge in [0.25, 0.3) is 0 Å². The van der Waals surface area contributed by atoms with Crippen LogP contribution in [0.5, 0.6) is 0 Å². The monoisotopic (exact) mass is 436 g/mol. The number of ether oxygens (including phenoxy) is 1. The van der Waals surface area contributed by atoms with E-state index in [1.54, 1.807) is 0 Å².